The van der Waals surface area contributed by atoms with Gasteiger partial charge in [0, 0.05) is 28.2 Å². The Bertz CT molecular complexity index is 1770. The second-order valence-corrected chi connectivity index (χ2v) is 10.0. The zero-order valence-electron chi connectivity index (χ0n) is 22.2. The minimum absolute atomic E-state index is 0.0470. The molecule has 8 nitrogen and oxygen atoms in total. The van der Waals surface area contributed by atoms with Crippen LogP contribution in [0.1, 0.15) is 31.9 Å². The van der Waals surface area contributed by atoms with Gasteiger partial charge in [0.15, 0.2) is 0 Å². The van der Waals surface area contributed by atoms with Gasteiger partial charge in [-0.2, -0.15) is 4.98 Å². The molecule has 1 aliphatic carbocycles. The summed E-state index contributed by atoms with van der Waals surface area (Å²) in [6.07, 6.45) is -1.27. The molecule has 0 N–H and O–H groups in total. The van der Waals surface area contributed by atoms with Crippen molar-refractivity contribution in [2.45, 2.75) is 45.5 Å². The highest BCUT2D eigenvalue weighted by atomic mass is 19.4. The third-order valence-electron chi connectivity index (χ3n) is 7.24. The van der Waals surface area contributed by atoms with Gasteiger partial charge in [-0.25, -0.2) is 0 Å². The highest BCUT2D eigenvalue weighted by molar-refractivity contribution is 5.73. The van der Waals surface area contributed by atoms with Crippen LogP contribution in [0.2, 0.25) is 0 Å². The van der Waals surface area contributed by atoms with Crippen LogP contribution in [0, 0.1) is 12.8 Å². The molecule has 6 rings (SSSR count). The van der Waals surface area contributed by atoms with E-state index in [1.165, 1.54) is 17.7 Å². The summed E-state index contributed by atoms with van der Waals surface area (Å²) in [7, 11) is 0. The fourth-order valence-corrected chi connectivity index (χ4v) is 5.52. The smallest absolute Gasteiger partial charge is 0.466 e. The molecule has 210 valence electrons. The summed E-state index contributed by atoms with van der Waals surface area (Å²) in [6.45, 7) is 3.93. The number of aryl methyl sites for hydroxylation is 1. The molecule has 0 spiro atoms. The minimum Gasteiger partial charge on any atom is -0.466 e. The first-order valence-electron chi connectivity index (χ1n) is 13.2. The van der Waals surface area contributed by atoms with E-state index in [9.17, 15) is 18.0 Å². The number of carbonyl (C=O) groups excluding carboxylic acids is 1. The quantitative estimate of drug-likeness (QED) is 0.286. The number of hydrogen-bond donors (Lipinski definition) is 0. The molecular weight excluding hydrogens is 537 g/mol. The lowest BCUT2D eigenvalue weighted by molar-refractivity contribution is -0.274. The van der Waals surface area contributed by atoms with E-state index in [0.29, 0.717) is 35.4 Å². The highest BCUT2D eigenvalue weighted by Gasteiger charge is 2.36. The summed E-state index contributed by atoms with van der Waals surface area (Å²) in [4.78, 5) is 25.6. The molecule has 0 saturated heterocycles. The Hall–Kier alpha value is -4.54. The Morgan fingerprint density at radius 3 is 2.66 bits per heavy atom. The maximum atomic E-state index is 13.1. The summed E-state index contributed by atoms with van der Waals surface area (Å²) in [6, 6.07) is 13.2. The third kappa shape index (κ3) is 5.57. The lowest BCUT2D eigenvalue weighted by Crippen LogP contribution is -2.22. The first kappa shape index (κ1) is 26.7. The van der Waals surface area contributed by atoms with Gasteiger partial charge >= 0.3 is 12.3 Å². The van der Waals surface area contributed by atoms with E-state index in [1.807, 2.05) is 18.2 Å². The van der Waals surface area contributed by atoms with Gasteiger partial charge in [0.1, 0.15) is 5.75 Å². The molecule has 1 aliphatic heterocycles. The van der Waals surface area contributed by atoms with E-state index in [-0.39, 0.29) is 35.2 Å². The number of benzene rings is 2. The first-order valence-corrected chi connectivity index (χ1v) is 13.2. The zero-order chi connectivity index (χ0) is 28.7. The Balaban J connectivity index is 1.33. The summed E-state index contributed by atoms with van der Waals surface area (Å²) in [5, 5.41) is 5.94. The number of carbonyl (C=O) groups is 1. The molecular formula is C30H25F3N4O4. The Kier molecular flexibility index (Phi) is 6.80. The van der Waals surface area contributed by atoms with Crippen molar-refractivity contribution in [3.8, 4) is 39.7 Å². The summed E-state index contributed by atoms with van der Waals surface area (Å²) < 4.78 is 54.2. The van der Waals surface area contributed by atoms with E-state index in [0.717, 1.165) is 23.4 Å². The number of aromatic nitrogens is 3. The van der Waals surface area contributed by atoms with Gasteiger partial charge in [-0.15, -0.1) is 13.2 Å². The Morgan fingerprint density at radius 1 is 1.05 bits per heavy atom. The molecule has 2 aromatic carbocycles. The number of esters is 1. The number of fused-ring (bicyclic) bond motifs is 2. The zero-order valence-corrected chi connectivity index (χ0v) is 22.2. The van der Waals surface area contributed by atoms with Crippen molar-refractivity contribution >= 4 is 11.5 Å². The van der Waals surface area contributed by atoms with Crippen LogP contribution in [0.3, 0.4) is 0 Å². The predicted molar refractivity (Wildman–Crippen MR) is 142 cm³/mol. The van der Waals surface area contributed by atoms with E-state index >= 15 is 0 Å². The summed E-state index contributed by atoms with van der Waals surface area (Å²) >= 11 is 0. The van der Waals surface area contributed by atoms with Crippen molar-refractivity contribution in [2.24, 2.45) is 10.9 Å². The van der Waals surface area contributed by atoms with Gasteiger partial charge in [0.2, 0.25) is 5.82 Å². The maximum absolute atomic E-state index is 13.1. The van der Waals surface area contributed by atoms with Gasteiger partial charge in [-0.1, -0.05) is 5.16 Å². The Morgan fingerprint density at radius 2 is 1.88 bits per heavy atom. The average molecular weight is 563 g/mol. The Labute approximate surface area is 232 Å². The fourth-order valence-electron chi connectivity index (χ4n) is 5.52. The second kappa shape index (κ2) is 10.5. The van der Waals surface area contributed by atoms with Crippen molar-refractivity contribution in [3.05, 3.63) is 71.0 Å². The molecule has 2 atom stereocenters. The van der Waals surface area contributed by atoms with Gasteiger partial charge in [0.05, 0.1) is 24.4 Å². The lowest BCUT2D eigenvalue weighted by atomic mass is 9.99. The molecule has 41 heavy (non-hydrogen) atoms. The summed E-state index contributed by atoms with van der Waals surface area (Å²) in [5.74, 6) is -0.181. The molecule has 2 unspecified atom stereocenters. The van der Waals surface area contributed by atoms with E-state index in [4.69, 9.17) is 14.3 Å². The second-order valence-electron chi connectivity index (χ2n) is 10.0. The van der Waals surface area contributed by atoms with E-state index < -0.39 is 12.1 Å². The number of halogens is 3. The van der Waals surface area contributed by atoms with Crippen molar-refractivity contribution in [3.63, 3.8) is 0 Å². The molecule has 0 radical (unpaired) electrons. The largest absolute Gasteiger partial charge is 0.573 e. The van der Waals surface area contributed by atoms with Crippen LogP contribution in [0.4, 0.5) is 13.2 Å². The normalized spacial score (nSPS) is 17.6. The van der Waals surface area contributed by atoms with Crippen molar-refractivity contribution in [1.29, 1.82) is 0 Å². The number of alkyl halides is 3. The van der Waals surface area contributed by atoms with Crippen molar-refractivity contribution < 1.29 is 32.0 Å². The topological polar surface area (TPSA) is 99.7 Å². The highest BCUT2D eigenvalue weighted by Crippen LogP contribution is 2.37. The maximum Gasteiger partial charge on any atom is 0.573 e. The molecule has 0 amide bonds. The van der Waals surface area contributed by atoms with Crippen molar-refractivity contribution in [1.82, 2.24) is 15.1 Å². The monoisotopic (exact) mass is 562 g/mol. The molecule has 0 bridgehead atoms. The van der Waals surface area contributed by atoms with Crippen LogP contribution in [-0.2, 0) is 9.53 Å². The van der Waals surface area contributed by atoms with Crippen LogP contribution in [0.25, 0.3) is 39.5 Å². The number of pyridine rings is 1. The molecule has 1 fully saturated rings. The van der Waals surface area contributed by atoms with Crippen LogP contribution in [0.5, 0.6) is 5.75 Å². The van der Waals surface area contributed by atoms with Crippen LogP contribution < -0.4 is 15.3 Å². The number of nitrogens with zero attached hydrogens (tertiary/aromatic N) is 4. The number of ether oxygens (including phenoxy) is 2. The van der Waals surface area contributed by atoms with Crippen LogP contribution >= 0.6 is 0 Å². The number of rotatable bonds is 7. The third-order valence-corrected chi connectivity index (χ3v) is 7.24. The first-order chi connectivity index (χ1) is 19.7. The van der Waals surface area contributed by atoms with Gasteiger partial charge in [0.25, 0.3) is 5.89 Å². The van der Waals surface area contributed by atoms with Crippen LogP contribution in [0.15, 0.2) is 64.2 Å². The average Bonchev–Trinajstić information content (AvgIpc) is 3.64. The SMILES string of the molecule is CCOC(=O)CC1CCC2=c3cc(-c4noc(-c5cc(OC(F)(F)F)cc(-c6ccnc(C)c6)c5)n4)ccc3=NC21. The molecule has 2 aliphatic rings. The van der Waals surface area contributed by atoms with Crippen LogP contribution in [-0.4, -0.2) is 40.1 Å². The van der Waals surface area contributed by atoms with Gasteiger partial charge < -0.3 is 14.0 Å². The molecule has 2 aromatic heterocycles. The van der Waals surface area contributed by atoms with E-state index in [2.05, 4.69) is 19.9 Å². The minimum atomic E-state index is -4.87. The standard InChI is InChI=1S/C30H25F3N4O4/c1-3-39-26(38)15-18-4-6-23-24-14-19(5-7-25(24)35-27(18)23)28-36-29(41-37-28)21-11-20(17-8-9-34-16(2)10-17)12-22(13-21)40-30(31,32)33/h5,7-14,18,27H,3-4,6,15H2,1-2H3. The van der Waals surface area contributed by atoms with Gasteiger partial charge in [-0.05, 0) is 97.8 Å². The molecule has 1 saturated carbocycles. The van der Waals surface area contributed by atoms with Crippen molar-refractivity contribution in [2.75, 3.05) is 6.61 Å². The molecule has 3 heterocycles. The number of hydrogen-bond acceptors (Lipinski definition) is 8. The van der Waals surface area contributed by atoms with E-state index in [1.54, 1.807) is 38.2 Å². The molecule has 11 heteroatoms. The molecule has 4 aromatic rings. The fraction of sp³-hybridized carbons (Fsp3) is 0.300. The lowest BCUT2D eigenvalue weighted by Gasteiger charge is -2.13. The predicted octanol–water partition coefficient (Wildman–Crippen LogP) is 5.19. The van der Waals surface area contributed by atoms with Gasteiger partial charge in [-0.3, -0.25) is 14.8 Å². The summed E-state index contributed by atoms with van der Waals surface area (Å²) in [5.41, 5.74) is 3.99.